The molecular formula is C21H29Cl2N5O. The van der Waals surface area contributed by atoms with Crippen molar-refractivity contribution in [1.29, 1.82) is 0 Å². The number of rotatable bonds is 5. The second kappa shape index (κ2) is 10.1. The van der Waals surface area contributed by atoms with Gasteiger partial charge in [-0.25, -0.2) is 9.67 Å². The smallest absolute Gasteiger partial charge is 0.254 e. The summed E-state index contributed by atoms with van der Waals surface area (Å²) in [5, 5.41) is 5.24. The third-order valence-electron chi connectivity index (χ3n) is 5.03. The molecule has 0 saturated heterocycles. The number of benzene rings is 1. The quantitative estimate of drug-likeness (QED) is 0.646. The Hall–Kier alpha value is -2.15. The molecule has 3 aromatic rings. The molecule has 8 heteroatoms. The van der Waals surface area contributed by atoms with Gasteiger partial charge in [-0.15, -0.1) is 24.8 Å². The van der Waals surface area contributed by atoms with E-state index in [2.05, 4.69) is 18.9 Å². The molecule has 2 heterocycles. The summed E-state index contributed by atoms with van der Waals surface area (Å²) in [7, 11) is 1.78. The molecule has 29 heavy (non-hydrogen) atoms. The van der Waals surface area contributed by atoms with E-state index in [1.807, 2.05) is 48.9 Å². The summed E-state index contributed by atoms with van der Waals surface area (Å²) in [5.74, 6) is -0.0708. The van der Waals surface area contributed by atoms with Crippen molar-refractivity contribution in [3.05, 3.63) is 47.7 Å². The third kappa shape index (κ3) is 4.71. The van der Waals surface area contributed by atoms with Gasteiger partial charge in [0.2, 0.25) is 0 Å². The number of likely N-dealkylation sites (N-methyl/N-ethyl adjacent to an activating group) is 1. The molecule has 0 aliphatic carbocycles. The Labute approximate surface area is 184 Å². The van der Waals surface area contributed by atoms with Crippen LogP contribution in [0.3, 0.4) is 0 Å². The minimum atomic E-state index is -0.0708. The van der Waals surface area contributed by atoms with Crippen LogP contribution in [0.5, 0.6) is 0 Å². The molecule has 0 bridgehead atoms. The van der Waals surface area contributed by atoms with E-state index in [-0.39, 0.29) is 42.8 Å². The number of carbonyl (C=O) groups excluding carboxylic acids is 1. The van der Waals surface area contributed by atoms with Crippen molar-refractivity contribution in [1.82, 2.24) is 19.7 Å². The number of pyridine rings is 1. The molecule has 3 rings (SSSR count). The topological polar surface area (TPSA) is 77.0 Å². The summed E-state index contributed by atoms with van der Waals surface area (Å²) in [6.45, 7) is 8.50. The fourth-order valence-electron chi connectivity index (χ4n) is 3.12. The molecule has 0 aliphatic heterocycles. The van der Waals surface area contributed by atoms with Crippen molar-refractivity contribution in [2.45, 2.75) is 39.8 Å². The molecule has 1 atom stereocenters. The molecule has 1 amide bonds. The number of fused-ring (bicyclic) bond motifs is 1. The van der Waals surface area contributed by atoms with E-state index in [4.69, 9.17) is 10.7 Å². The van der Waals surface area contributed by atoms with Crippen molar-refractivity contribution < 1.29 is 4.79 Å². The van der Waals surface area contributed by atoms with E-state index in [0.717, 1.165) is 27.9 Å². The van der Waals surface area contributed by atoms with Gasteiger partial charge in [0.1, 0.15) is 0 Å². The largest absolute Gasteiger partial charge is 0.338 e. The van der Waals surface area contributed by atoms with Gasteiger partial charge in [0, 0.05) is 31.2 Å². The molecule has 0 saturated carbocycles. The van der Waals surface area contributed by atoms with E-state index in [1.54, 1.807) is 18.1 Å². The Kier molecular flexibility index (Phi) is 8.63. The monoisotopic (exact) mass is 437 g/mol. The van der Waals surface area contributed by atoms with Crippen molar-refractivity contribution in [3.8, 4) is 11.3 Å². The summed E-state index contributed by atoms with van der Waals surface area (Å²) in [6.07, 6.45) is 1.73. The van der Waals surface area contributed by atoms with E-state index in [0.29, 0.717) is 12.1 Å². The van der Waals surface area contributed by atoms with Gasteiger partial charge in [-0.05, 0) is 39.3 Å². The highest BCUT2D eigenvalue weighted by atomic mass is 35.5. The van der Waals surface area contributed by atoms with Gasteiger partial charge in [-0.3, -0.25) is 4.79 Å². The second-order valence-electron chi connectivity index (χ2n) is 7.29. The summed E-state index contributed by atoms with van der Waals surface area (Å²) in [6, 6.07) is 10.0. The van der Waals surface area contributed by atoms with Crippen LogP contribution in [0, 0.1) is 6.92 Å². The maximum atomic E-state index is 13.2. The molecule has 0 radical (unpaired) electrons. The molecule has 2 N–H and O–H groups in total. The first-order chi connectivity index (χ1) is 12.8. The van der Waals surface area contributed by atoms with E-state index in [9.17, 15) is 4.79 Å². The Morgan fingerprint density at radius 2 is 1.86 bits per heavy atom. The first kappa shape index (κ1) is 24.9. The van der Waals surface area contributed by atoms with Crippen molar-refractivity contribution in [3.63, 3.8) is 0 Å². The van der Waals surface area contributed by atoms with E-state index in [1.165, 1.54) is 0 Å². The first-order valence-electron chi connectivity index (χ1n) is 9.26. The third-order valence-corrected chi connectivity index (χ3v) is 5.03. The first-order valence-corrected chi connectivity index (χ1v) is 9.26. The summed E-state index contributed by atoms with van der Waals surface area (Å²) in [4.78, 5) is 19.8. The zero-order valence-corrected chi connectivity index (χ0v) is 19.0. The Morgan fingerprint density at radius 1 is 1.21 bits per heavy atom. The van der Waals surface area contributed by atoms with Crippen LogP contribution in [0.15, 0.2) is 36.5 Å². The predicted molar refractivity (Wildman–Crippen MR) is 123 cm³/mol. The number of halogens is 2. The number of nitrogens with two attached hydrogens (primary N) is 1. The van der Waals surface area contributed by atoms with Crippen LogP contribution < -0.4 is 5.73 Å². The number of aromatic nitrogens is 3. The van der Waals surface area contributed by atoms with Crippen LogP contribution in [0.2, 0.25) is 0 Å². The lowest BCUT2D eigenvalue weighted by Gasteiger charge is -2.24. The normalized spacial score (nSPS) is 11.7. The highest BCUT2D eigenvalue weighted by molar-refractivity contribution is 6.06. The number of nitrogens with zero attached hydrogens (tertiary/aromatic N) is 4. The highest BCUT2D eigenvalue weighted by Crippen LogP contribution is 2.29. The van der Waals surface area contributed by atoms with Crippen LogP contribution in [0.25, 0.3) is 22.3 Å². The second-order valence-corrected chi connectivity index (χ2v) is 7.29. The average molecular weight is 438 g/mol. The molecule has 1 unspecified atom stereocenters. The summed E-state index contributed by atoms with van der Waals surface area (Å²) >= 11 is 0. The van der Waals surface area contributed by atoms with Gasteiger partial charge < -0.3 is 10.6 Å². The van der Waals surface area contributed by atoms with Gasteiger partial charge in [-0.1, -0.05) is 24.3 Å². The molecule has 1 aromatic carbocycles. The van der Waals surface area contributed by atoms with E-state index < -0.39 is 0 Å². The zero-order valence-electron chi connectivity index (χ0n) is 17.4. The van der Waals surface area contributed by atoms with Gasteiger partial charge in [0.25, 0.3) is 5.91 Å². The van der Waals surface area contributed by atoms with Crippen molar-refractivity contribution in [2.75, 3.05) is 13.6 Å². The van der Waals surface area contributed by atoms with Crippen LogP contribution in [-0.4, -0.2) is 45.2 Å². The Balaban J connectivity index is 0.00000210. The van der Waals surface area contributed by atoms with Gasteiger partial charge in [-0.2, -0.15) is 5.10 Å². The van der Waals surface area contributed by atoms with Crippen LogP contribution in [0.1, 0.15) is 42.7 Å². The number of amides is 1. The number of aryl methyl sites for hydroxylation is 1. The van der Waals surface area contributed by atoms with Crippen molar-refractivity contribution in [2.24, 2.45) is 5.73 Å². The maximum Gasteiger partial charge on any atom is 0.254 e. The Morgan fingerprint density at radius 3 is 2.45 bits per heavy atom. The maximum absolute atomic E-state index is 13.2. The zero-order chi connectivity index (χ0) is 19.7. The van der Waals surface area contributed by atoms with E-state index >= 15 is 0 Å². The minimum absolute atomic E-state index is 0. The predicted octanol–water partition coefficient (Wildman–Crippen LogP) is 4.25. The van der Waals surface area contributed by atoms with Crippen LogP contribution in [0.4, 0.5) is 0 Å². The fraction of sp³-hybridized carbons (Fsp3) is 0.381. The van der Waals surface area contributed by atoms with Crippen LogP contribution in [-0.2, 0) is 0 Å². The summed E-state index contributed by atoms with van der Waals surface area (Å²) < 4.78 is 1.86. The fourth-order valence-corrected chi connectivity index (χ4v) is 3.12. The van der Waals surface area contributed by atoms with Crippen LogP contribution >= 0.6 is 24.8 Å². The number of hydrogen-bond acceptors (Lipinski definition) is 4. The average Bonchev–Trinajstić information content (AvgIpc) is 3.10. The number of hydrogen-bond donors (Lipinski definition) is 1. The van der Waals surface area contributed by atoms with Gasteiger partial charge >= 0.3 is 0 Å². The summed E-state index contributed by atoms with van der Waals surface area (Å²) in [5.41, 5.74) is 10.00. The lowest BCUT2D eigenvalue weighted by molar-refractivity contribution is 0.0750. The molecule has 6 nitrogen and oxygen atoms in total. The molecule has 158 valence electrons. The van der Waals surface area contributed by atoms with Gasteiger partial charge in [0.15, 0.2) is 5.65 Å². The van der Waals surface area contributed by atoms with Crippen molar-refractivity contribution >= 4 is 41.8 Å². The number of carbonyl (C=O) groups is 1. The molecule has 2 aromatic heterocycles. The minimum Gasteiger partial charge on any atom is -0.338 e. The molecule has 0 aliphatic rings. The molecular weight excluding hydrogens is 409 g/mol. The standard InChI is InChI=1S/C21H27N5O.2ClH/c1-13(2)26-20-18(12-23-26)17(21(27)25(5)15(4)11-22)10-19(24-20)16-9-7-6-8-14(16)3;;/h6-10,12-13,15H,11,22H2,1-5H3;2*1H. The highest BCUT2D eigenvalue weighted by Gasteiger charge is 2.23. The van der Waals surface area contributed by atoms with Gasteiger partial charge in [0.05, 0.1) is 22.8 Å². The lowest BCUT2D eigenvalue weighted by Crippen LogP contribution is -2.39. The Bertz CT molecular complexity index is 986. The SMILES string of the molecule is Cc1ccccc1-c1cc(C(=O)N(C)C(C)CN)c2cnn(C(C)C)c2n1.Cl.Cl. The molecule has 0 spiro atoms. The molecule has 0 fully saturated rings. The lowest BCUT2D eigenvalue weighted by atomic mass is 10.0.